The van der Waals surface area contributed by atoms with Gasteiger partial charge in [-0.2, -0.15) is 0 Å². The highest BCUT2D eigenvalue weighted by atomic mass is 27.3. The number of imidazole rings is 1. The molecule has 0 amide bonds. The van der Waals surface area contributed by atoms with Crippen molar-refractivity contribution in [3.05, 3.63) is 106 Å². The maximum absolute atomic E-state index is 15.2. The van der Waals surface area contributed by atoms with Gasteiger partial charge >= 0.3 is 13.3 Å². The Morgan fingerprint density at radius 2 is 0.615 bits per heavy atom. The summed E-state index contributed by atoms with van der Waals surface area (Å²) in [6.45, 7) is 0. The first kappa shape index (κ1) is 28.4. The predicted molar refractivity (Wildman–Crippen MR) is 101 cm³/mol. The Hall–Kier alpha value is -3.65. The van der Waals surface area contributed by atoms with Crippen molar-refractivity contribution < 1.29 is 65.9 Å². The molecule has 0 spiro atoms. The maximum atomic E-state index is 15.2. The van der Waals surface area contributed by atoms with Crippen LogP contribution < -0.4 is 13.3 Å². The molecule has 0 aliphatic heterocycles. The van der Waals surface area contributed by atoms with Gasteiger partial charge in [-0.25, -0.2) is 65.9 Å². The van der Waals surface area contributed by atoms with Crippen LogP contribution in [-0.2, 0) is 0 Å². The van der Waals surface area contributed by atoms with Crippen molar-refractivity contribution in [1.82, 2.24) is 8.53 Å². The molecular formula is C21H3AlF15N2-. The summed E-state index contributed by atoms with van der Waals surface area (Å²) in [7, 11) is 0. The third-order valence-corrected chi connectivity index (χ3v) is 11.2. The molecule has 39 heavy (non-hydrogen) atoms. The van der Waals surface area contributed by atoms with Crippen LogP contribution >= 0.6 is 0 Å². The molecule has 0 unspecified atom stereocenters. The Kier molecular flexibility index (Phi) is 6.92. The van der Waals surface area contributed by atoms with E-state index in [2.05, 4.69) is 4.98 Å². The summed E-state index contributed by atoms with van der Waals surface area (Å²) in [6.07, 6.45) is 0.830. The minimum absolute atomic E-state index is 0.110. The summed E-state index contributed by atoms with van der Waals surface area (Å²) in [4.78, 5) is 3.22. The Labute approximate surface area is 207 Å². The molecule has 0 aliphatic rings. The highest BCUT2D eigenvalue weighted by Crippen LogP contribution is 2.28. The Morgan fingerprint density at radius 3 is 0.821 bits per heavy atom. The first-order chi connectivity index (χ1) is 18.1. The smallest absolute Gasteiger partial charge is 0.388 e. The van der Waals surface area contributed by atoms with E-state index in [1.807, 2.05) is 0 Å². The van der Waals surface area contributed by atoms with Gasteiger partial charge in [0.25, 0.3) is 0 Å². The van der Waals surface area contributed by atoms with Crippen LogP contribution in [0.4, 0.5) is 65.9 Å². The molecule has 0 fully saturated rings. The second-order valence-corrected chi connectivity index (χ2v) is 11.7. The van der Waals surface area contributed by atoms with Crippen LogP contribution in [0.25, 0.3) is 0 Å². The number of hydrogen-bond donors (Lipinski definition) is 0. The molecule has 0 N–H and O–H groups in total. The average Bonchev–Trinajstić information content (AvgIpc) is 3.46. The zero-order chi connectivity index (χ0) is 29.3. The van der Waals surface area contributed by atoms with E-state index >= 15 is 26.3 Å². The molecule has 0 saturated carbocycles. The van der Waals surface area contributed by atoms with Crippen LogP contribution in [-0.4, -0.2) is 21.8 Å². The van der Waals surface area contributed by atoms with Gasteiger partial charge in [-0.05, 0) is 6.20 Å². The summed E-state index contributed by atoms with van der Waals surface area (Å²) >= 11 is -7.58. The summed E-state index contributed by atoms with van der Waals surface area (Å²) in [5, 5.41) is 0. The number of aromatic nitrogens is 2. The molecule has 3 aromatic carbocycles. The van der Waals surface area contributed by atoms with Gasteiger partial charge in [0.15, 0.2) is 52.4 Å². The number of hydrogen-bond acceptors (Lipinski definition) is 1. The molecule has 0 aliphatic carbocycles. The molecule has 18 heteroatoms. The fraction of sp³-hybridized carbons (Fsp3) is 0. The molecule has 206 valence electrons. The third-order valence-electron chi connectivity index (χ3n) is 5.96. The lowest BCUT2D eigenvalue weighted by molar-refractivity contribution is 0.379. The average molecular weight is 595 g/mol. The molecule has 4 rings (SSSR count). The first-order valence-corrected chi connectivity index (χ1v) is 12.1. The summed E-state index contributed by atoms with van der Waals surface area (Å²) in [5.41, 5.74) is 0. The van der Waals surface area contributed by atoms with Gasteiger partial charge in [-0.1, -0.05) is 0 Å². The second kappa shape index (κ2) is 9.52. The second-order valence-electron chi connectivity index (χ2n) is 7.78. The van der Waals surface area contributed by atoms with E-state index in [0.717, 1.165) is 0 Å². The minimum atomic E-state index is -7.58. The van der Waals surface area contributed by atoms with Crippen LogP contribution in [0, 0.1) is 87.3 Å². The first-order valence-electron chi connectivity index (χ1n) is 9.83. The molecule has 1 heterocycles. The highest BCUT2D eigenvalue weighted by molar-refractivity contribution is 7.10. The SMILES string of the molecule is Fc1c(F)c(F)[c]([Al-]([c]2c(F)c(F)c(F)c(F)c2F)([c]2c(F)c(F)c(F)c(F)c2F)[n]2ccnc2)c(F)c1F. The molecule has 4 aromatic rings. The zero-order valence-corrected chi connectivity index (χ0v) is 19.0. The van der Waals surface area contributed by atoms with Crippen molar-refractivity contribution in [3.8, 4) is 0 Å². The normalized spacial score (nSPS) is 12.0. The van der Waals surface area contributed by atoms with Crippen molar-refractivity contribution in [2.75, 3.05) is 0 Å². The number of halogens is 15. The number of rotatable bonds is 4. The van der Waals surface area contributed by atoms with E-state index in [1.165, 1.54) is 0 Å². The Balaban J connectivity index is 2.53. The van der Waals surface area contributed by atoms with Gasteiger partial charge in [-0.3, -0.25) is 4.98 Å². The predicted octanol–water partition coefficient (Wildman–Crippen LogP) is 4.48. The van der Waals surface area contributed by atoms with Crippen LogP contribution in [0.1, 0.15) is 0 Å². The van der Waals surface area contributed by atoms with Gasteiger partial charge in [0.1, 0.15) is 34.9 Å². The zero-order valence-electron chi connectivity index (χ0n) is 17.9. The van der Waals surface area contributed by atoms with Gasteiger partial charge in [-0.15, -0.1) is 13.3 Å². The fourth-order valence-corrected chi connectivity index (χ4v) is 9.68. The quantitative estimate of drug-likeness (QED) is 0.147. The van der Waals surface area contributed by atoms with Gasteiger partial charge in [0.05, 0.1) is 0 Å². The van der Waals surface area contributed by atoms with E-state index in [0.29, 0.717) is 6.20 Å². The van der Waals surface area contributed by atoms with Crippen molar-refractivity contribution in [1.29, 1.82) is 0 Å². The van der Waals surface area contributed by atoms with Crippen LogP contribution in [0.3, 0.4) is 0 Å². The highest BCUT2D eigenvalue weighted by Gasteiger charge is 2.53. The van der Waals surface area contributed by atoms with Crippen molar-refractivity contribution in [3.63, 3.8) is 0 Å². The van der Waals surface area contributed by atoms with Crippen LogP contribution in [0.15, 0.2) is 18.7 Å². The number of benzene rings is 3. The van der Waals surface area contributed by atoms with Crippen LogP contribution in [0.2, 0.25) is 0 Å². The Bertz CT molecular complexity index is 1410. The standard InChI is InChI=1S/3C6F5.C3H3N2.Al/c3*7-2-1-3(8)5(10)6(11)4(2)9;1-2-5-3-4-1;/h;;;1-3H;/q;;;-1;. The van der Waals surface area contributed by atoms with E-state index in [9.17, 15) is 39.5 Å². The lowest BCUT2D eigenvalue weighted by Gasteiger charge is -2.41. The molecular weight excluding hydrogens is 592 g/mol. The van der Waals surface area contributed by atoms with E-state index in [4.69, 9.17) is 0 Å². The number of nitrogens with zero attached hydrogens (tertiary/aromatic N) is 2. The largest absolute Gasteiger partial charge is 0.546 e. The summed E-state index contributed by atoms with van der Waals surface area (Å²) in [5.74, 6) is -45.5. The Morgan fingerprint density at radius 1 is 0.385 bits per heavy atom. The van der Waals surface area contributed by atoms with Gasteiger partial charge in [0.2, 0.25) is 0 Å². The van der Waals surface area contributed by atoms with Crippen molar-refractivity contribution in [2.45, 2.75) is 0 Å². The lowest BCUT2D eigenvalue weighted by atomic mass is 10.3. The van der Waals surface area contributed by atoms with Gasteiger partial charge < -0.3 is 3.55 Å². The molecule has 0 atom stereocenters. The van der Waals surface area contributed by atoms with E-state index in [1.54, 1.807) is 0 Å². The summed E-state index contributed by atoms with van der Waals surface area (Å²) in [6, 6.07) is 0. The van der Waals surface area contributed by atoms with Crippen molar-refractivity contribution in [2.24, 2.45) is 0 Å². The van der Waals surface area contributed by atoms with E-state index in [-0.39, 0.29) is 16.1 Å². The molecule has 0 saturated heterocycles. The summed E-state index contributed by atoms with van der Waals surface area (Å²) < 4.78 is 211. The molecule has 1 aromatic heterocycles. The monoisotopic (exact) mass is 595 g/mol. The molecule has 0 bridgehead atoms. The molecule has 0 radical (unpaired) electrons. The van der Waals surface area contributed by atoms with Crippen molar-refractivity contribution >= 4 is 26.6 Å². The third kappa shape index (κ3) is 3.64. The van der Waals surface area contributed by atoms with E-state index < -0.39 is 114 Å². The maximum Gasteiger partial charge on any atom is 0.388 e. The molecule has 2 nitrogen and oxygen atoms in total. The lowest BCUT2D eigenvalue weighted by Crippen LogP contribution is -2.77. The minimum Gasteiger partial charge on any atom is -0.546 e. The van der Waals surface area contributed by atoms with Crippen LogP contribution in [0.5, 0.6) is 0 Å². The topological polar surface area (TPSA) is 17.8 Å². The van der Waals surface area contributed by atoms with Gasteiger partial charge in [0, 0.05) is 12.5 Å². The fourth-order valence-electron chi connectivity index (χ4n) is 4.34.